The SMILES string of the molecule is CCCc1nccn1-c1ccc([N+](=O)[O-])cc1C=O. The quantitative estimate of drug-likeness (QED) is 0.469. The third kappa shape index (κ3) is 2.52. The van der Waals surface area contributed by atoms with Crippen LogP contribution in [0.15, 0.2) is 30.6 Å². The summed E-state index contributed by atoms with van der Waals surface area (Å²) in [6.07, 6.45) is 5.74. The average Bonchev–Trinajstić information content (AvgIpc) is 2.86. The molecule has 19 heavy (non-hydrogen) atoms. The van der Waals surface area contributed by atoms with E-state index in [9.17, 15) is 14.9 Å². The van der Waals surface area contributed by atoms with Gasteiger partial charge in [0.1, 0.15) is 5.82 Å². The molecule has 98 valence electrons. The number of aromatic nitrogens is 2. The van der Waals surface area contributed by atoms with Crippen molar-refractivity contribution >= 4 is 12.0 Å². The summed E-state index contributed by atoms with van der Waals surface area (Å²) in [5.41, 5.74) is 0.800. The minimum atomic E-state index is -0.516. The zero-order valence-corrected chi connectivity index (χ0v) is 10.4. The molecule has 0 spiro atoms. The van der Waals surface area contributed by atoms with E-state index in [2.05, 4.69) is 4.98 Å². The van der Waals surface area contributed by atoms with Crippen LogP contribution < -0.4 is 0 Å². The number of rotatable bonds is 5. The Hall–Kier alpha value is -2.50. The molecule has 0 saturated heterocycles. The summed E-state index contributed by atoms with van der Waals surface area (Å²) >= 11 is 0. The second kappa shape index (κ2) is 5.43. The highest BCUT2D eigenvalue weighted by Crippen LogP contribution is 2.21. The fourth-order valence-electron chi connectivity index (χ4n) is 1.93. The number of nitrogens with zero attached hydrogens (tertiary/aromatic N) is 3. The van der Waals surface area contributed by atoms with Crippen LogP contribution in [-0.4, -0.2) is 20.8 Å². The van der Waals surface area contributed by atoms with Gasteiger partial charge < -0.3 is 4.57 Å². The molecule has 1 aromatic carbocycles. The number of aldehydes is 1. The van der Waals surface area contributed by atoms with E-state index in [1.54, 1.807) is 23.0 Å². The number of carbonyl (C=O) groups excluding carboxylic acids is 1. The molecule has 0 atom stereocenters. The summed E-state index contributed by atoms with van der Waals surface area (Å²) in [6.45, 7) is 2.04. The van der Waals surface area contributed by atoms with Crippen molar-refractivity contribution in [3.05, 3.63) is 52.1 Å². The lowest BCUT2D eigenvalue weighted by atomic mass is 10.1. The van der Waals surface area contributed by atoms with Gasteiger partial charge in [-0.15, -0.1) is 0 Å². The van der Waals surface area contributed by atoms with Gasteiger partial charge in [0.2, 0.25) is 0 Å². The first-order valence-corrected chi connectivity index (χ1v) is 5.93. The molecule has 0 bridgehead atoms. The molecule has 2 aromatic rings. The lowest BCUT2D eigenvalue weighted by Gasteiger charge is -2.09. The molecule has 1 heterocycles. The number of hydrogen-bond acceptors (Lipinski definition) is 4. The van der Waals surface area contributed by atoms with Gasteiger partial charge in [0.15, 0.2) is 6.29 Å². The number of nitro groups is 1. The van der Waals surface area contributed by atoms with Crippen LogP contribution in [0.2, 0.25) is 0 Å². The molecule has 6 heteroatoms. The molecule has 0 N–H and O–H groups in total. The minimum absolute atomic E-state index is 0.0944. The van der Waals surface area contributed by atoms with Crippen molar-refractivity contribution in [1.29, 1.82) is 0 Å². The number of aryl methyl sites for hydroxylation is 1. The molecular weight excluding hydrogens is 246 g/mol. The molecule has 0 unspecified atom stereocenters. The Morgan fingerprint density at radius 3 is 2.89 bits per heavy atom. The Bertz CT molecular complexity index is 619. The van der Waals surface area contributed by atoms with Gasteiger partial charge in [-0.2, -0.15) is 0 Å². The average molecular weight is 259 g/mol. The smallest absolute Gasteiger partial charge is 0.270 e. The molecule has 0 aliphatic rings. The van der Waals surface area contributed by atoms with Gasteiger partial charge in [0, 0.05) is 36.5 Å². The van der Waals surface area contributed by atoms with Crippen LogP contribution in [-0.2, 0) is 6.42 Å². The maximum absolute atomic E-state index is 11.1. The van der Waals surface area contributed by atoms with Crippen LogP contribution in [0.3, 0.4) is 0 Å². The molecule has 0 saturated carbocycles. The zero-order chi connectivity index (χ0) is 13.8. The summed E-state index contributed by atoms with van der Waals surface area (Å²) in [6, 6.07) is 4.23. The molecule has 0 radical (unpaired) electrons. The monoisotopic (exact) mass is 259 g/mol. The van der Waals surface area contributed by atoms with E-state index in [1.807, 2.05) is 6.92 Å². The minimum Gasteiger partial charge on any atom is -0.303 e. The number of carbonyl (C=O) groups is 1. The molecule has 6 nitrogen and oxygen atoms in total. The highest BCUT2D eigenvalue weighted by Gasteiger charge is 2.13. The van der Waals surface area contributed by atoms with Gasteiger partial charge >= 0.3 is 0 Å². The van der Waals surface area contributed by atoms with Crippen molar-refractivity contribution in [2.75, 3.05) is 0 Å². The van der Waals surface area contributed by atoms with Gasteiger partial charge in [-0.05, 0) is 12.5 Å². The van der Waals surface area contributed by atoms with Gasteiger partial charge in [-0.25, -0.2) is 4.98 Å². The van der Waals surface area contributed by atoms with Crippen LogP contribution in [0.4, 0.5) is 5.69 Å². The summed E-state index contributed by atoms with van der Waals surface area (Å²) in [5.74, 6) is 0.833. The summed E-state index contributed by atoms with van der Waals surface area (Å²) in [4.78, 5) is 25.5. The molecule has 0 aliphatic heterocycles. The van der Waals surface area contributed by atoms with E-state index in [0.717, 1.165) is 18.7 Å². The first-order valence-electron chi connectivity index (χ1n) is 5.93. The lowest BCUT2D eigenvalue weighted by molar-refractivity contribution is -0.384. The third-order valence-corrected chi connectivity index (χ3v) is 2.80. The Kier molecular flexibility index (Phi) is 3.70. The van der Waals surface area contributed by atoms with E-state index in [4.69, 9.17) is 0 Å². The van der Waals surface area contributed by atoms with Crippen molar-refractivity contribution in [2.45, 2.75) is 19.8 Å². The second-order valence-electron chi connectivity index (χ2n) is 4.08. The number of imidazole rings is 1. The standard InChI is InChI=1S/C13H13N3O3/c1-2-3-13-14-6-7-15(13)12-5-4-11(16(18)19)8-10(12)9-17/h4-9H,2-3H2,1H3. The second-order valence-corrected chi connectivity index (χ2v) is 4.08. The number of non-ortho nitro benzene ring substituents is 1. The van der Waals surface area contributed by atoms with Crippen LogP contribution in [0.25, 0.3) is 5.69 Å². The highest BCUT2D eigenvalue weighted by atomic mass is 16.6. The lowest BCUT2D eigenvalue weighted by Crippen LogP contribution is -2.04. The number of hydrogen-bond donors (Lipinski definition) is 0. The molecule has 2 rings (SSSR count). The van der Waals surface area contributed by atoms with E-state index >= 15 is 0 Å². The first-order chi connectivity index (χ1) is 9.17. The number of nitro benzene ring substituents is 1. The Balaban J connectivity index is 2.52. The third-order valence-electron chi connectivity index (χ3n) is 2.80. The predicted molar refractivity (Wildman–Crippen MR) is 69.6 cm³/mol. The Morgan fingerprint density at radius 1 is 1.47 bits per heavy atom. The maximum atomic E-state index is 11.1. The van der Waals surface area contributed by atoms with Gasteiger partial charge in [0.25, 0.3) is 5.69 Å². The van der Waals surface area contributed by atoms with E-state index in [-0.39, 0.29) is 11.3 Å². The van der Waals surface area contributed by atoms with Crippen molar-refractivity contribution in [2.24, 2.45) is 0 Å². The maximum Gasteiger partial charge on any atom is 0.270 e. The van der Waals surface area contributed by atoms with Crippen molar-refractivity contribution in [1.82, 2.24) is 9.55 Å². The zero-order valence-electron chi connectivity index (χ0n) is 10.4. The van der Waals surface area contributed by atoms with Crippen LogP contribution >= 0.6 is 0 Å². The molecule has 1 aromatic heterocycles. The predicted octanol–water partition coefficient (Wildman–Crippen LogP) is 2.55. The van der Waals surface area contributed by atoms with Crippen LogP contribution in [0.1, 0.15) is 29.5 Å². The summed E-state index contributed by atoms with van der Waals surface area (Å²) < 4.78 is 1.79. The first kappa shape index (κ1) is 12.9. The van der Waals surface area contributed by atoms with Gasteiger partial charge in [0.05, 0.1) is 10.6 Å². The van der Waals surface area contributed by atoms with E-state index in [1.165, 1.54) is 12.1 Å². The molecule has 0 aliphatic carbocycles. The van der Waals surface area contributed by atoms with E-state index < -0.39 is 4.92 Å². The number of benzene rings is 1. The normalized spacial score (nSPS) is 10.4. The summed E-state index contributed by atoms with van der Waals surface area (Å²) in [5, 5.41) is 10.7. The highest BCUT2D eigenvalue weighted by molar-refractivity contribution is 5.82. The van der Waals surface area contributed by atoms with Gasteiger partial charge in [-0.3, -0.25) is 14.9 Å². The largest absolute Gasteiger partial charge is 0.303 e. The Labute approximate surface area is 109 Å². The molecular formula is C13H13N3O3. The van der Waals surface area contributed by atoms with Crippen molar-refractivity contribution in [3.63, 3.8) is 0 Å². The molecule has 0 fully saturated rings. The van der Waals surface area contributed by atoms with Crippen LogP contribution in [0.5, 0.6) is 0 Å². The molecule has 0 amide bonds. The van der Waals surface area contributed by atoms with E-state index in [0.29, 0.717) is 12.0 Å². The van der Waals surface area contributed by atoms with Crippen LogP contribution in [0, 0.1) is 10.1 Å². The van der Waals surface area contributed by atoms with Crippen molar-refractivity contribution < 1.29 is 9.72 Å². The topological polar surface area (TPSA) is 78.0 Å². The van der Waals surface area contributed by atoms with Crippen molar-refractivity contribution in [3.8, 4) is 5.69 Å². The summed E-state index contributed by atoms with van der Waals surface area (Å²) in [7, 11) is 0. The fourth-order valence-corrected chi connectivity index (χ4v) is 1.93. The fraction of sp³-hybridized carbons (Fsp3) is 0.231. The van der Waals surface area contributed by atoms with Gasteiger partial charge in [-0.1, -0.05) is 6.92 Å². The Morgan fingerprint density at radius 2 is 2.26 bits per heavy atom.